The molecule has 3 nitrogen and oxygen atoms in total. The molecule has 0 bridgehead atoms. The topological polar surface area (TPSA) is 61.3 Å². The van der Waals surface area contributed by atoms with E-state index in [2.05, 4.69) is 12.1 Å². The first-order valence-electron chi connectivity index (χ1n) is 6.71. The number of hydrogen-bond donors (Lipinski definition) is 2. The first-order valence-corrected chi connectivity index (χ1v) is 6.71. The molecule has 0 heterocycles. The van der Waals surface area contributed by atoms with Crippen LogP contribution < -0.4 is 16.2 Å². The van der Waals surface area contributed by atoms with Crippen LogP contribution in [0.1, 0.15) is 0 Å². The van der Waals surface area contributed by atoms with Gasteiger partial charge < -0.3 is 16.2 Å². The lowest BCUT2D eigenvalue weighted by molar-refractivity contribution is 0.485. The van der Waals surface area contributed by atoms with Gasteiger partial charge in [0.15, 0.2) is 0 Å². The summed E-state index contributed by atoms with van der Waals surface area (Å²) in [5.41, 5.74) is 14.8. The van der Waals surface area contributed by atoms with Gasteiger partial charge in [0.1, 0.15) is 11.5 Å². The summed E-state index contributed by atoms with van der Waals surface area (Å²) in [6.45, 7) is 0. The normalized spacial score (nSPS) is 10.3. The zero-order valence-electron chi connectivity index (χ0n) is 11.5. The fraction of sp³-hybridized carbons (Fsp3) is 0. The fourth-order valence-corrected chi connectivity index (χ4v) is 2.16. The predicted octanol–water partition coefficient (Wildman–Crippen LogP) is 4.31. The van der Waals surface area contributed by atoms with Crippen molar-refractivity contribution in [2.24, 2.45) is 0 Å². The Morgan fingerprint density at radius 1 is 0.667 bits per heavy atom. The van der Waals surface area contributed by atoms with Crippen molar-refractivity contribution in [3.05, 3.63) is 72.8 Å². The summed E-state index contributed by atoms with van der Waals surface area (Å²) in [4.78, 5) is 0. The molecule has 0 unspecified atom stereocenters. The third-order valence-corrected chi connectivity index (χ3v) is 3.26. The molecule has 0 radical (unpaired) electrons. The standard InChI is InChI=1S/C18H16N2O/c19-16-11-10-14(12-17(16)20)21-18-9-5-4-8-15(18)13-6-2-1-3-7-13/h1-12H,19-20H2. The fourth-order valence-electron chi connectivity index (χ4n) is 2.16. The SMILES string of the molecule is Nc1ccc(Oc2ccccc2-c2ccccc2)cc1N. The van der Waals surface area contributed by atoms with Gasteiger partial charge in [0, 0.05) is 11.6 Å². The smallest absolute Gasteiger partial charge is 0.135 e. The number of ether oxygens (including phenoxy) is 1. The maximum atomic E-state index is 5.96. The zero-order valence-corrected chi connectivity index (χ0v) is 11.5. The van der Waals surface area contributed by atoms with Crippen LogP contribution in [0.2, 0.25) is 0 Å². The second-order valence-electron chi connectivity index (χ2n) is 4.75. The summed E-state index contributed by atoms with van der Waals surface area (Å²) in [6.07, 6.45) is 0. The molecule has 0 saturated carbocycles. The third-order valence-electron chi connectivity index (χ3n) is 3.26. The van der Waals surface area contributed by atoms with Crippen molar-refractivity contribution < 1.29 is 4.74 Å². The van der Waals surface area contributed by atoms with E-state index >= 15 is 0 Å². The van der Waals surface area contributed by atoms with Crippen molar-refractivity contribution in [1.82, 2.24) is 0 Å². The van der Waals surface area contributed by atoms with E-state index in [1.54, 1.807) is 12.1 Å². The minimum absolute atomic E-state index is 0.518. The van der Waals surface area contributed by atoms with Gasteiger partial charge in [-0.2, -0.15) is 0 Å². The lowest BCUT2D eigenvalue weighted by atomic mass is 10.0. The average molecular weight is 276 g/mol. The summed E-state index contributed by atoms with van der Waals surface area (Å²) >= 11 is 0. The second kappa shape index (κ2) is 5.59. The summed E-state index contributed by atoms with van der Waals surface area (Å²) in [7, 11) is 0. The van der Waals surface area contributed by atoms with E-state index in [1.165, 1.54) is 0 Å². The number of nitrogens with two attached hydrogens (primary N) is 2. The monoisotopic (exact) mass is 276 g/mol. The van der Waals surface area contributed by atoms with Gasteiger partial charge in [0.2, 0.25) is 0 Å². The Hall–Kier alpha value is -2.94. The molecule has 21 heavy (non-hydrogen) atoms. The van der Waals surface area contributed by atoms with Crippen molar-refractivity contribution in [2.45, 2.75) is 0 Å². The van der Waals surface area contributed by atoms with Crippen LogP contribution in [0.4, 0.5) is 11.4 Å². The molecule has 0 atom stereocenters. The quantitative estimate of drug-likeness (QED) is 0.701. The van der Waals surface area contributed by atoms with Gasteiger partial charge in [-0.25, -0.2) is 0 Å². The van der Waals surface area contributed by atoms with Gasteiger partial charge in [0.05, 0.1) is 11.4 Å². The van der Waals surface area contributed by atoms with Gasteiger partial charge >= 0.3 is 0 Å². The largest absolute Gasteiger partial charge is 0.457 e. The molecule has 4 N–H and O–H groups in total. The van der Waals surface area contributed by atoms with Crippen LogP contribution in [0, 0.1) is 0 Å². The first-order chi connectivity index (χ1) is 10.2. The number of rotatable bonds is 3. The van der Waals surface area contributed by atoms with Crippen LogP contribution in [0.15, 0.2) is 72.8 Å². The number of para-hydroxylation sites is 1. The molecule has 0 spiro atoms. The maximum absolute atomic E-state index is 5.96. The van der Waals surface area contributed by atoms with Crippen LogP contribution in [-0.4, -0.2) is 0 Å². The molecule has 0 saturated heterocycles. The molecule has 0 fully saturated rings. The highest BCUT2D eigenvalue weighted by molar-refractivity contribution is 5.71. The lowest BCUT2D eigenvalue weighted by Gasteiger charge is -2.12. The highest BCUT2D eigenvalue weighted by atomic mass is 16.5. The summed E-state index contributed by atoms with van der Waals surface area (Å²) in [5.74, 6) is 1.46. The van der Waals surface area contributed by atoms with Crippen molar-refractivity contribution in [2.75, 3.05) is 11.5 Å². The van der Waals surface area contributed by atoms with Gasteiger partial charge in [-0.3, -0.25) is 0 Å². The molecular weight excluding hydrogens is 260 g/mol. The summed E-state index contributed by atoms with van der Waals surface area (Å²) in [6, 6.07) is 23.3. The van der Waals surface area contributed by atoms with E-state index in [4.69, 9.17) is 16.2 Å². The Morgan fingerprint density at radius 2 is 1.38 bits per heavy atom. The van der Waals surface area contributed by atoms with E-state index in [0.717, 1.165) is 16.9 Å². The van der Waals surface area contributed by atoms with Crippen LogP contribution in [0.25, 0.3) is 11.1 Å². The molecular formula is C18H16N2O. The number of anilines is 2. The van der Waals surface area contributed by atoms with Gasteiger partial charge in [-0.1, -0.05) is 48.5 Å². The Labute approximate surface area is 123 Å². The number of hydrogen-bond acceptors (Lipinski definition) is 3. The molecule has 3 aromatic rings. The first kappa shape index (κ1) is 13.1. The van der Waals surface area contributed by atoms with E-state index in [0.29, 0.717) is 17.1 Å². The van der Waals surface area contributed by atoms with Crippen LogP contribution in [0.5, 0.6) is 11.5 Å². The number of nitrogen functional groups attached to an aromatic ring is 2. The third kappa shape index (κ3) is 2.82. The van der Waals surface area contributed by atoms with E-state index in [1.807, 2.05) is 48.5 Å². The van der Waals surface area contributed by atoms with Gasteiger partial charge in [-0.05, 0) is 23.8 Å². The Morgan fingerprint density at radius 3 is 2.14 bits per heavy atom. The highest BCUT2D eigenvalue weighted by Gasteiger charge is 2.07. The Balaban J connectivity index is 1.98. The van der Waals surface area contributed by atoms with E-state index < -0.39 is 0 Å². The molecule has 3 rings (SSSR count). The molecule has 0 aliphatic rings. The average Bonchev–Trinajstić information content (AvgIpc) is 2.52. The van der Waals surface area contributed by atoms with E-state index in [-0.39, 0.29) is 0 Å². The molecule has 3 aromatic carbocycles. The van der Waals surface area contributed by atoms with E-state index in [9.17, 15) is 0 Å². The van der Waals surface area contributed by atoms with Crippen molar-refractivity contribution in [1.29, 1.82) is 0 Å². The molecule has 0 aliphatic carbocycles. The summed E-state index contributed by atoms with van der Waals surface area (Å²) in [5, 5.41) is 0. The highest BCUT2D eigenvalue weighted by Crippen LogP contribution is 2.34. The molecule has 0 amide bonds. The molecule has 0 aromatic heterocycles. The van der Waals surface area contributed by atoms with Crippen LogP contribution in [0.3, 0.4) is 0 Å². The van der Waals surface area contributed by atoms with Crippen LogP contribution >= 0.6 is 0 Å². The molecule has 104 valence electrons. The predicted molar refractivity (Wildman–Crippen MR) is 87.2 cm³/mol. The minimum Gasteiger partial charge on any atom is -0.457 e. The molecule has 3 heteroatoms. The van der Waals surface area contributed by atoms with Gasteiger partial charge in [-0.15, -0.1) is 0 Å². The lowest BCUT2D eigenvalue weighted by Crippen LogP contribution is -1.95. The van der Waals surface area contributed by atoms with Gasteiger partial charge in [0.25, 0.3) is 0 Å². The molecule has 0 aliphatic heterocycles. The second-order valence-corrected chi connectivity index (χ2v) is 4.75. The zero-order chi connectivity index (χ0) is 14.7. The maximum Gasteiger partial charge on any atom is 0.135 e. The summed E-state index contributed by atoms with van der Waals surface area (Å²) < 4.78 is 5.96. The Kier molecular flexibility index (Phi) is 3.48. The van der Waals surface area contributed by atoms with Crippen molar-refractivity contribution in [3.8, 4) is 22.6 Å². The van der Waals surface area contributed by atoms with Crippen LogP contribution in [-0.2, 0) is 0 Å². The minimum atomic E-state index is 0.518. The number of benzene rings is 3. The van der Waals surface area contributed by atoms with Crippen molar-refractivity contribution in [3.63, 3.8) is 0 Å². The Bertz CT molecular complexity index is 754. The van der Waals surface area contributed by atoms with Crippen molar-refractivity contribution >= 4 is 11.4 Å².